The van der Waals surface area contributed by atoms with E-state index in [2.05, 4.69) is 30.9 Å². The lowest BCUT2D eigenvalue weighted by atomic mass is 9.88. The summed E-state index contributed by atoms with van der Waals surface area (Å²) < 4.78 is 0. The first kappa shape index (κ1) is 18.5. The Kier molecular flexibility index (Phi) is 6.37. The van der Waals surface area contributed by atoms with Crippen LogP contribution in [-0.2, 0) is 5.60 Å². The summed E-state index contributed by atoms with van der Waals surface area (Å²) in [6.45, 7) is 2.24. The molecule has 0 heterocycles. The minimum absolute atomic E-state index is 0. The first-order valence-corrected chi connectivity index (χ1v) is 9.77. The highest BCUT2D eigenvalue weighted by Crippen LogP contribution is 2.41. The normalized spacial score (nSPS) is 12.2. The van der Waals surface area contributed by atoms with Gasteiger partial charge in [0.15, 0.2) is 0 Å². The zero-order valence-electron chi connectivity index (χ0n) is 13.8. The largest absolute Gasteiger partial charge is 0.380 e. The van der Waals surface area contributed by atoms with E-state index in [0.717, 1.165) is 11.1 Å². The van der Waals surface area contributed by atoms with E-state index in [1.165, 1.54) is 5.30 Å². The fourth-order valence-electron chi connectivity index (χ4n) is 2.89. The second kappa shape index (κ2) is 8.28. The molecule has 3 radical (unpaired) electrons. The smallest absolute Gasteiger partial charge is 0.119 e. The Morgan fingerprint density at radius 1 is 0.708 bits per heavy atom. The van der Waals surface area contributed by atoms with Gasteiger partial charge in [-0.15, -0.1) is 0 Å². The molecule has 24 heavy (non-hydrogen) atoms. The monoisotopic (exact) mass is 331 g/mol. The van der Waals surface area contributed by atoms with Gasteiger partial charge in [-0.25, -0.2) is 0 Å². The maximum absolute atomic E-state index is 11.6. The van der Waals surface area contributed by atoms with E-state index < -0.39 is 13.5 Å². The van der Waals surface area contributed by atoms with Crippen molar-refractivity contribution in [3.63, 3.8) is 0 Å². The van der Waals surface area contributed by atoms with Crippen LogP contribution in [0, 0.1) is 0 Å². The Labute approximate surface area is 147 Å². The van der Waals surface area contributed by atoms with Crippen molar-refractivity contribution in [2.75, 3.05) is 12.8 Å². The lowest BCUT2D eigenvalue weighted by molar-refractivity contribution is 0.107. The van der Waals surface area contributed by atoms with Crippen molar-refractivity contribution in [1.29, 1.82) is 0 Å². The third-order valence-corrected chi connectivity index (χ3v) is 6.28. The highest BCUT2D eigenvalue weighted by Gasteiger charge is 2.33. The third kappa shape index (κ3) is 3.95. The van der Waals surface area contributed by atoms with Crippen LogP contribution in [-0.4, -0.2) is 26.3 Å². The molecule has 0 saturated carbocycles. The molecular formula is C21H21BOP. The van der Waals surface area contributed by atoms with E-state index in [-0.39, 0.29) is 8.41 Å². The summed E-state index contributed by atoms with van der Waals surface area (Å²) in [4.78, 5) is 0. The van der Waals surface area contributed by atoms with Crippen LogP contribution in [0.3, 0.4) is 0 Å². The summed E-state index contributed by atoms with van der Waals surface area (Å²) in [7, 11) is -0.461. The predicted molar refractivity (Wildman–Crippen MR) is 105 cm³/mol. The Hall–Kier alpha value is -1.89. The van der Waals surface area contributed by atoms with Gasteiger partial charge < -0.3 is 5.11 Å². The van der Waals surface area contributed by atoms with Crippen molar-refractivity contribution in [2.24, 2.45) is 0 Å². The first-order valence-electron chi connectivity index (χ1n) is 7.80. The van der Waals surface area contributed by atoms with Crippen molar-refractivity contribution in [1.82, 2.24) is 0 Å². The van der Waals surface area contributed by atoms with Crippen molar-refractivity contribution >= 4 is 21.6 Å². The molecule has 0 spiro atoms. The van der Waals surface area contributed by atoms with Gasteiger partial charge in [0.1, 0.15) is 5.60 Å². The van der Waals surface area contributed by atoms with E-state index in [1.54, 1.807) is 0 Å². The predicted octanol–water partition coefficient (Wildman–Crippen LogP) is 3.98. The molecule has 3 heteroatoms. The molecule has 0 unspecified atom stereocenters. The van der Waals surface area contributed by atoms with E-state index in [4.69, 9.17) is 0 Å². The van der Waals surface area contributed by atoms with Gasteiger partial charge in [-0.05, 0) is 23.1 Å². The summed E-state index contributed by atoms with van der Waals surface area (Å²) in [5.41, 5.74) is 0.951. The number of benzene rings is 3. The zero-order chi connectivity index (χ0) is 16.1. The summed E-state index contributed by atoms with van der Waals surface area (Å²) in [5.74, 6) is 0. The summed E-state index contributed by atoms with van der Waals surface area (Å²) >= 11 is 0. The molecule has 0 aromatic heterocycles. The lowest BCUT2D eigenvalue weighted by Gasteiger charge is -2.32. The number of hydrogen-bond donors (Lipinski definition) is 1. The average molecular weight is 331 g/mol. The first-order chi connectivity index (χ1) is 11.2. The lowest BCUT2D eigenvalue weighted by Crippen LogP contribution is -2.32. The van der Waals surface area contributed by atoms with Gasteiger partial charge in [-0.2, -0.15) is 0 Å². The van der Waals surface area contributed by atoms with Crippen LogP contribution in [0.15, 0.2) is 91.0 Å². The van der Waals surface area contributed by atoms with Crippen molar-refractivity contribution in [3.05, 3.63) is 102 Å². The number of aliphatic hydroxyl groups is 1. The zero-order valence-corrected chi connectivity index (χ0v) is 14.7. The molecule has 3 aromatic rings. The van der Waals surface area contributed by atoms with Gasteiger partial charge >= 0.3 is 0 Å². The van der Waals surface area contributed by atoms with Gasteiger partial charge in [0.2, 0.25) is 0 Å². The van der Waals surface area contributed by atoms with E-state index in [9.17, 15) is 5.11 Å². The molecule has 1 nitrogen and oxygen atoms in total. The minimum atomic E-state index is -0.960. The molecule has 1 N–H and O–H groups in total. The van der Waals surface area contributed by atoms with Crippen LogP contribution in [0.1, 0.15) is 11.1 Å². The molecular weight excluding hydrogens is 310 g/mol. The molecule has 1 atom stereocenters. The maximum atomic E-state index is 11.6. The molecule has 0 saturated heterocycles. The Bertz CT molecular complexity index is 692. The quantitative estimate of drug-likeness (QED) is 0.554. The summed E-state index contributed by atoms with van der Waals surface area (Å²) in [5, 5.41) is 12.9. The van der Waals surface area contributed by atoms with Gasteiger partial charge in [0.05, 0.1) is 0 Å². The Morgan fingerprint density at radius 2 is 1.08 bits per heavy atom. The molecule has 0 aliphatic heterocycles. The summed E-state index contributed by atoms with van der Waals surface area (Å²) in [6, 6.07) is 30.5. The molecule has 0 fully saturated rings. The van der Waals surface area contributed by atoms with Gasteiger partial charge in [-0.3, -0.25) is 0 Å². The van der Waals surface area contributed by atoms with E-state index in [0.29, 0.717) is 6.16 Å². The third-order valence-electron chi connectivity index (χ3n) is 4.17. The molecule has 0 bridgehead atoms. The second-order valence-electron chi connectivity index (χ2n) is 5.78. The molecule has 3 aromatic carbocycles. The standard InChI is InChI=1S/C21H21OP.B/c1-23(20-15-9-4-10-16-20)17-21(22,18-11-5-2-6-12-18)19-13-7-3-8-14-19;/h2-16,22H,17H2,1H3;/t23-;/m0./s1. The second-order valence-corrected chi connectivity index (χ2v) is 8.01. The molecule has 3 rings (SSSR count). The van der Waals surface area contributed by atoms with Crippen LogP contribution in [0.2, 0.25) is 0 Å². The van der Waals surface area contributed by atoms with Crippen LogP contribution in [0.25, 0.3) is 0 Å². The van der Waals surface area contributed by atoms with Crippen molar-refractivity contribution in [2.45, 2.75) is 5.60 Å². The maximum Gasteiger partial charge on any atom is 0.119 e. The number of rotatable bonds is 5. The fourth-order valence-corrected chi connectivity index (χ4v) is 4.81. The Balaban J connectivity index is 0.00000208. The van der Waals surface area contributed by atoms with Gasteiger partial charge in [0.25, 0.3) is 0 Å². The average Bonchev–Trinajstić information content (AvgIpc) is 2.64. The highest BCUT2D eigenvalue weighted by atomic mass is 31.1. The molecule has 0 aliphatic carbocycles. The fraction of sp³-hybridized carbons (Fsp3) is 0.143. The SMILES string of the molecule is C[P@@](CC(O)(c1ccccc1)c1ccccc1)c1ccccc1.[B]. The van der Waals surface area contributed by atoms with E-state index in [1.807, 2.05) is 66.7 Å². The highest BCUT2D eigenvalue weighted by molar-refractivity contribution is 7.64. The number of hydrogen-bond acceptors (Lipinski definition) is 1. The Morgan fingerprint density at radius 3 is 1.50 bits per heavy atom. The summed E-state index contributed by atoms with van der Waals surface area (Å²) in [6.07, 6.45) is 0.709. The van der Waals surface area contributed by atoms with Crippen molar-refractivity contribution in [3.8, 4) is 0 Å². The molecule has 0 aliphatic rings. The van der Waals surface area contributed by atoms with Crippen LogP contribution in [0.5, 0.6) is 0 Å². The van der Waals surface area contributed by atoms with Crippen LogP contribution >= 0.6 is 7.92 Å². The van der Waals surface area contributed by atoms with Gasteiger partial charge in [-0.1, -0.05) is 98.9 Å². The topological polar surface area (TPSA) is 20.2 Å². The van der Waals surface area contributed by atoms with Crippen LogP contribution < -0.4 is 5.30 Å². The van der Waals surface area contributed by atoms with E-state index >= 15 is 0 Å². The van der Waals surface area contributed by atoms with Crippen LogP contribution in [0.4, 0.5) is 0 Å². The minimum Gasteiger partial charge on any atom is -0.380 e. The van der Waals surface area contributed by atoms with Gasteiger partial charge in [0, 0.05) is 14.6 Å². The molecule has 0 amide bonds. The molecule has 119 valence electrons. The van der Waals surface area contributed by atoms with Crippen molar-refractivity contribution < 1.29 is 5.11 Å².